The van der Waals surface area contributed by atoms with Crippen LogP contribution in [0.15, 0.2) is 42.5 Å². The Balaban J connectivity index is 1.37. The van der Waals surface area contributed by atoms with Crippen LogP contribution < -0.4 is 20.1 Å². The highest BCUT2D eigenvalue weighted by Gasteiger charge is 2.52. The first-order valence-electron chi connectivity index (χ1n) is 12.7. The van der Waals surface area contributed by atoms with Crippen LogP contribution in [0.1, 0.15) is 44.9 Å². The van der Waals surface area contributed by atoms with Gasteiger partial charge >= 0.3 is 12.4 Å². The number of benzene rings is 2. The quantitative estimate of drug-likeness (QED) is 0.400. The Kier molecular flexibility index (Phi) is 6.45. The van der Waals surface area contributed by atoms with Crippen LogP contribution in [0, 0.1) is 0 Å². The van der Waals surface area contributed by atoms with Crippen LogP contribution in [0.4, 0.5) is 19.3 Å². The third-order valence-corrected chi connectivity index (χ3v) is 7.07. The van der Waals surface area contributed by atoms with E-state index in [1.165, 1.54) is 19.2 Å². The molecule has 208 valence electrons. The first-order valence-corrected chi connectivity index (χ1v) is 12.7. The molecule has 0 spiro atoms. The number of rotatable bonds is 7. The molecular formula is C28H31F2N3O6. The van der Waals surface area contributed by atoms with E-state index in [4.69, 9.17) is 4.74 Å². The van der Waals surface area contributed by atoms with Crippen LogP contribution in [0.25, 0.3) is 10.9 Å². The van der Waals surface area contributed by atoms with Crippen molar-refractivity contribution in [3.8, 4) is 11.5 Å². The topological polar surface area (TPSA) is 111 Å². The fourth-order valence-corrected chi connectivity index (χ4v) is 4.94. The Morgan fingerprint density at radius 1 is 1.10 bits per heavy atom. The molecule has 3 aromatic rings. The number of ether oxygens (including phenoxy) is 3. The zero-order chi connectivity index (χ0) is 28.2. The summed E-state index contributed by atoms with van der Waals surface area (Å²) in [6, 6.07) is 12.0. The van der Waals surface area contributed by atoms with Crippen molar-refractivity contribution in [2.45, 2.75) is 63.4 Å². The first kappa shape index (κ1) is 26.7. The van der Waals surface area contributed by atoms with Gasteiger partial charge in [0.05, 0.1) is 12.0 Å². The van der Waals surface area contributed by atoms with Gasteiger partial charge < -0.3 is 34.5 Å². The van der Waals surface area contributed by atoms with Gasteiger partial charge in [0, 0.05) is 34.7 Å². The number of aliphatic hydroxyl groups excluding tert-OH is 1. The van der Waals surface area contributed by atoms with E-state index in [1.54, 1.807) is 12.1 Å². The van der Waals surface area contributed by atoms with Crippen molar-refractivity contribution in [1.82, 2.24) is 9.88 Å². The second kappa shape index (κ2) is 9.41. The van der Waals surface area contributed by atoms with Crippen LogP contribution in [-0.2, 0) is 26.9 Å². The van der Waals surface area contributed by atoms with Gasteiger partial charge in [0.2, 0.25) is 5.91 Å². The summed E-state index contributed by atoms with van der Waals surface area (Å²) in [5.74, 6) is -0.378. The van der Waals surface area contributed by atoms with Crippen molar-refractivity contribution in [3.05, 3.63) is 53.7 Å². The van der Waals surface area contributed by atoms with E-state index >= 15 is 0 Å². The Hall–Kier alpha value is -3.86. The van der Waals surface area contributed by atoms with E-state index in [9.17, 15) is 23.5 Å². The highest BCUT2D eigenvalue weighted by molar-refractivity contribution is 6.02. The second-order valence-corrected chi connectivity index (χ2v) is 11.0. The molecule has 5 rings (SSSR count). The Labute approximate surface area is 224 Å². The number of anilines is 1. The number of halogens is 2. The molecule has 2 heterocycles. The molecular weight excluding hydrogens is 512 g/mol. The largest absolute Gasteiger partial charge is 0.586 e. The van der Waals surface area contributed by atoms with Crippen molar-refractivity contribution >= 4 is 28.6 Å². The molecule has 0 saturated heterocycles. The zero-order valence-electron chi connectivity index (χ0n) is 22.1. The highest BCUT2D eigenvalue weighted by Crippen LogP contribution is 2.52. The molecule has 0 bridgehead atoms. The SMILES string of the molecule is CNC(=O)OCC(O)Cn1c(C(C)(C)C)cc2cc(NC(=O)C3(c4ccc5c(c4)OC(F)(F)O5)CC3)ccc21. The molecule has 1 aliphatic carbocycles. The first-order chi connectivity index (χ1) is 18.3. The minimum atomic E-state index is -3.72. The van der Waals surface area contributed by atoms with E-state index in [0.717, 1.165) is 16.6 Å². The number of aromatic nitrogens is 1. The number of carbonyl (C=O) groups is 2. The molecule has 1 atom stereocenters. The number of fused-ring (bicyclic) bond motifs is 2. The lowest BCUT2D eigenvalue weighted by Crippen LogP contribution is -2.29. The number of nitrogens with zero attached hydrogens (tertiary/aromatic N) is 1. The van der Waals surface area contributed by atoms with Gasteiger partial charge in [-0.15, -0.1) is 8.78 Å². The zero-order valence-corrected chi connectivity index (χ0v) is 22.1. The molecule has 1 aliphatic heterocycles. The Bertz CT molecular complexity index is 1440. The second-order valence-electron chi connectivity index (χ2n) is 11.0. The van der Waals surface area contributed by atoms with Crippen LogP contribution in [0.3, 0.4) is 0 Å². The third kappa shape index (κ3) is 5.23. The maximum absolute atomic E-state index is 13.5. The average Bonchev–Trinajstić information content (AvgIpc) is 3.51. The molecule has 2 aliphatic rings. The van der Waals surface area contributed by atoms with Gasteiger partial charge in [-0.1, -0.05) is 26.8 Å². The van der Waals surface area contributed by atoms with Crippen LogP contribution >= 0.6 is 0 Å². The van der Waals surface area contributed by atoms with E-state index in [-0.39, 0.29) is 36.0 Å². The summed E-state index contributed by atoms with van der Waals surface area (Å²) >= 11 is 0. The summed E-state index contributed by atoms with van der Waals surface area (Å²) in [4.78, 5) is 24.8. The van der Waals surface area contributed by atoms with Gasteiger partial charge in [-0.3, -0.25) is 4.79 Å². The van der Waals surface area contributed by atoms with Gasteiger partial charge in [-0.2, -0.15) is 0 Å². The van der Waals surface area contributed by atoms with Crippen molar-refractivity contribution in [1.29, 1.82) is 0 Å². The molecule has 1 unspecified atom stereocenters. The molecule has 2 amide bonds. The summed E-state index contributed by atoms with van der Waals surface area (Å²) in [5, 5.41) is 16.7. The number of carbonyl (C=O) groups excluding carboxylic acids is 2. The Morgan fingerprint density at radius 3 is 2.49 bits per heavy atom. The minimum Gasteiger partial charge on any atom is -0.447 e. The molecule has 0 radical (unpaired) electrons. The fraction of sp³-hybridized carbons (Fsp3) is 0.429. The van der Waals surface area contributed by atoms with Crippen LogP contribution in [-0.4, -0.2) is 47.7 Å². The Morgan fingerprint density at radius 2 is 1.82 bits per heavy atom. The number of alkyl halides is 2. The minimum absolute atomic E-state index is 0.0603. The van der Waals surface area contributed by atoms with Crippen LogP contribution in [0.5, 0.6) is 11.5 Å². The molecule has 3 N–H and O–H groups in total. The molecule has 2 aromatic carbocycles. The molecule has 1 fully saturated rings. The lowest BCUT2D eigenvalue weighted by molar-refractivity contribution is -0.286. The molecule has 9 nitrogen and oxygen atoms in total. The maximum atomic E-state index is 13.5. The maximum Gasteiger partial charge on any atom is 0.586 e. The number of hydrogen-bond donors (Lipinski definition) is 3. The van der Waals surface area contributed by atoms with E-state index in [2.05, 4.69) is 40.9 Å². The molecule has 1 aromatic heterocycles. The molecule has 11 heteroatoms. The van der Waals surface area contributed by atoms with E-state index in [0.29, 0.717) is 24.1 Å². The van der Waals surface area contributed by atoms with Crippen molar-refractivity contribution < 1.29 is 37.7 Å². The number of alkyl carbamates (subject to hydrolysis) is 1. The summed E-state index contributed by atoms with van der Waals surface area (Å²) in [6.45, 7) is 6.24. The average molecular weight is 544 g/mol. The summed E-state index contributed by atoms with van der Waals surface area (Å²) in [5.41, 5.74) is 1.92. The van der Waals surface area contributed by atoms with Gasteiger partial charge in [0.25, 0.3) is 0 Å². The lowest BCUT2D eigenvalue weighted by atomic mass is 9.92. The van der Waals surface area contributed by atoms with E-state index in [1.807, 2.05) is 22.8 Å². The summed E-state index contributed by atoms with van der Waals surface area (Å²) < 4.78 is 42.9. The number of aliphatic hydroxyl groups is 1. The fourth-order valence-electron chi connectivity index (χ4n) is 4.94. The predicted molar refractivity (Wildman–Crippen MR) is 139 cm³/mol. The monoisotopic (exact) mass is 543 g/mol. The normalized spacial score (nSPS) is 17.5. The number of amides is 2. The van der Waals surface area contributed by atoms with Gasteiger partial charge in [-0.25, -0.2) is 4.79 Å². The number of hydrogen-bond acceptors (Lipinski definition) is 6. The molecule has 1 saturated carbocycles. The smallest absolute Gasteiger partial charge is 0.447 e. The highest BCUT2D eigenvalue weighted by atomic mass is 19.3. The van der Waals surface area contributed by atoms with Crippen molar-refractivity contribution in [3.63, 3.8) is 0 Å². The van der Waals surface area contributed by atoms with Crippen molar-refractivity contribution in [2.24, 2.45) is 0 Å². The van der Waals surface area contributed by atoms with Crippen molar-refractivity contribution in [2.75, 3.05) is 19.0 Å². The van der Waals surface area contributed by atoms with Gasteiger partial charge in [-0.05, 0) is 54.8 Å². The third-order valence-electron chi connectivity index (χ3n) is 7.07. The van der Waals surface area contributed by atoms with Crippen LogP contribution in [0.2, 0.25) is 0 Å². The lowest BCUT2D eigenvalue weighted by Gasteiger charge is -2.23. The predicted octanol–water partition coefficient (Wildman–Crippen LogP) is 4.65. The summed E-state index contributed by atoms with van der Waals surface area (Å²) in [6.07, 6.45) is -4.09. The van der Waals surface area contributed by atoms with Gasteiger partial charge in [0.15, 0.2) is 11.5 Å². The summed E-state index contributed by atoms with van der Waals surface area (Å²) in [7, 11) is 1.45. The standard InChI is InChI=1S/C28H31F2N3O6/c1-26(2,3)23-12-16-11-18(6-7-20(16)33(23)14-19(34)15-37-25(36)31-4)32-24(35)27(9-10-27)17-5-8-21-22(13-17)39-28(29,30)38-21/h5-8,11-13,19,34H,9-10,14-15H2,1-4H3,(H,31,36)(H,32,35). The van der Waals surface area contributed by atoms with E-state index < -0.39 is 23.9 Å². The molecule has 39 heavy (non-hydrogen) atoms. The number of nitrogens with one attached hydrogen (secondary N) is 2. The van der Waals surface area contributed by atoms with Gasteiger partial charge in [0.1, 0.15) is 12.7 Å².